The minimum absolute atomic E-state index is 0.365. The molecule has 0 aliphatic heterocycles. The van der Waals surface area contributed by atoms with Crippen LogP contribution in [0.15, 0.2) is 54.7 Å². The highest BCUT2D eigenvalue weighted by Crippen LogP contribution is 2.02. The van der Waals surface area contributed by atoms with E-state index < -0.39 is 0 Å². The van der Waals surface area contributed by atoms with Crippen LogP contribution in [0, 0.1) is 0 Å². The van der Waals surface area contributed by atoms with E-state index in [0.29, 0.717) is 19.5 Å². The van der Waals surface area contributed by atoms with Gasteiger partial charge in [0, 0.05) is 19.3 Å². The predicted molar refractivity (Wildman–Crippen MR) is 72.1 cm³/mol. The molecule has 2 aromatic rings. The van der Waals surface area contributed by atoms with E-state index in [0.717, 1.165) is 11.3 Å². The molecule has 3 heteroatoms. The van der Waals surface area contributed by atoms with Gasteiger partial charge in [-0.15, -0.1) is 0 Å². The third-order valence-electron chi connectivity index (χ3n) is 2.73. The van der Waals surface area contributed by atoms with Crippen molar-refractivity contribution in [3.8, 4) is 0 Å². The van der Waals surface area contributed by atoms with E-state index in [1.54, 1.807) is 6.20 Å². The zero-order valence-electron chi connectivity index (χ0n) is 10.3. The van der Waals surface area contributed by atoms with Crippen molar-refractivity contribution in [2.24, 2.45) is 0 Å². The number of hydrogen-bond donors (Lipinski definition) is 2. The van der Waals surface area contributed by atoms with E-state index in [-0.39, 0.29) is 6.10 Å². The fourth-order valence-corrected chi connectivity index (χ4v) is 1.83. The van der Waals surface area contributed by atoms with Crippen molar-refractivity contribution in [2.75, 3.05) is 6.54 Å². The quantitative estimate of drug-likeness (QED) is 0.811. The van der Waals surface area contributed by atoms with Crippen LogP contribution in [0.3, 0.4) is 0 Å². The minimum Gasteiger partial charge on any atom is -0.391 e. The van der Waals surface area contributed by atoms with E-state index in [1.807, 2.05) is 48.5 Å². The minimum atomic E-state index is -0.365. The molecule has 0 fully saturated rings. The Morgan fingerprint density at radius 2 is 1.83 bits per heavy atom. The first-order valence-corrected chi connectivity index (χ1v) is 6.17. The van der Waals surface area contributed by atoms with Gasteiger partial charge in [-0.05, 0) is 24.1 Å². The molecule has 3 nitrogen and oxygen atoms in total. The Kier molecular flexibility index (Phi) is 4.88. The summed E-state index contributed by atoms with van der Waals surface area (Å²) in [5.41, 5.74) is 2.15. The molecule has 1 atom stereocenters. The van der Waals surface area contributed by atoms with Gasteiger partial charge in [-0.1, -0.05) is 36.4 Å². The van der Waals surface area contributed by atoms with Crippen molar-refractivity contribution in [1.29, 1.82) is 0 Å². The standard InChI is InChI=1S/C15H18N2O/c18-15(10-13-6-2-1-3-7-13)12-16-11-14-8-4-5-9-17-14/h1-9,15-16,18H,10-12H2. The van der Waals surface area contributed by atoms with Crippen LogP contribution in [0.5, 0.6) is 0 Å². The molecule has 0 saturated heterocycles. The van der Waals surface area contributed by atoms with Gasteiger partial charge in [-0.25, -0.2) is 0 Å². The van der Waals surface area contributed by atoms with Crippen LogP contribution >= 0.6 is 0 Å². The Labute approximate surface area is 108 Å². The van der Waals surface area contributed by atoms with Gasteiger partial charge < -0.3 is 10.4 Å². The van der Waals surface area contributed by atoms with E-state index in [4.69, 9.17) is 0 Å². The first-order valence-electron chi connectivity index (χ1n) is 6.17. The molecule has 94 valence electrons. The summed E-state index contributed by atoms with van der Waals surface area (Å²) in [7, 11) is 0. The number of aliphatic hydroxyl groups is 1. The summed E-state index contributed by atoms with van der Waals surface area (Å²) >= 11 is 0. The molecule has 18 heavy (non-hydrogen) atoms. The highest BCUT2D eigenvalue weighted by atomic mass is 16.3. The summed E-state index contributed by atoms with van der Waals surface area (Å²) in [5.74, 6) is 0. The fourth-order valence-electron chi connectivity index (χ4n) is 1.83. The number of benzene rings is 1. The molecule has 0 amide bonds. The number of rotatable bonds is 6. The molecule has 1 aromatic heterocycles. The average molecular weight is 242 g/mol. The third-order valence-corrected chi connectivity index (χ3v) is 2.73. The second-order valence-electron chi connectivity index (χ2n) is 4.30. The van der Waals surface area contributed by atoms with Gasteiger partial charge in [-0.2, -0.15) is 0 Å². The average Bonchev–Trinajstić information content (AvgIpc) is 2.41. The SMILES string of the molecule is OC(CNCc1ccccn1)Cc1ccccc1. The number of nitrogens with one attached hydrogen (secondary N) is 1. The van der Waals surface area contributed by atoms with Crippen LogP contribution in [0.1, 0.15) is 11.3 Å². The lowest BCUT2D eigenvalue weighted by molar-refractivity contribution is 0.171. The summed E-state index contributed by atoms with van der Waals surface area (Å²) in [6.45, 7) is 1.26. The zero-order valence-corrected chi connectivity index (χ0v) is 10.3. The van der Waals surface area contributed by atoms with Gasteiger partial charge in [0.2, 0.25) is 0 Å². The number of pyridine rings is 1. The Morgan fingerprint density at radius 3 is 2.56 bits per heavy atom. The van der Waals surface area contributed by atoms with Crippen LogP contribution in [0.2, 0.25) is 0 Å². The van der Waals surface area contributed by atoms with E-state index in [1.165, 1.54) is 0 Å². The lowest BCUT2D eigenvalue weighted by Gasteiger charge is -2.11. The van der Waals surface area contributed by atoms with Crippen molar-refractivity contribution in [3.05, 3.63) is 66.0 Å². The van der Waals surface area contributed by atoms with E-state index in [2.05, 4.69) is 10.3 Å². The van der Waals surface area contributed by atoms with Crippen LogP contribution in [-0.2, 0) is 13.0 Å². The van der Waals surface area contributed by atoms with Crippen LogP contribution in [-0.4, -0.2) is 22.7 Å². The molecule has 1 aromatic carbocycles. The Hall–Kier alpha value is -1.71. The molecular weight excluding hydrogens is 224 g/mol. The fraction of sp³-hybridized carbons (Fsp3) is 0.267. The molecule has 0 radical (unpaired) electrons. The summed E-state index contributed by atoms with van der Waals surface area (Å²) in [6, 6.07) is 15.8. The Balaban J connectivity index is 1.71. The summed E-state index contributed by atoms with van der Waals surface area (Å²) in [6.07, 6.45) is 2.09. The molecule has 0 bridgehead atoms. The molecule has 0 aliphatic carbocycles. The molecular formula is C15H18N2O. The molecule has 2 rings (SSSR count). The highest BCUT2D eigenvalue weighted by molar-refractivity contribution is 5.15. The lowest BCUT2D eigenvalue weighted by atomic mass is 10.1. The normalized spacial score (nSPS) is 12.3. The third kappa shape index (κ3) is 4.28. The van der Waals surface area contributed by atoms with Gasteiger partial charge in [-0.3, -0.25) is 4.98 Å². The molecule has 0 spiro atoms. The maximum Gasteiger partial charge on any atom is 0.0704 e. The van der Waals surface area contributed by atoms with Gasteiger partial charge in [0.05, 0.1) is 11.8 Å². The van der Waals surface area contributed by atoms with Gasteiger partial charge in [0.1, 0.15) is 0 Å². The first-order chi connectivity index (χ1) is 8.84. The smallest absolute Gasteiger partial charge is 0.0704 e. The second-order valence-corrected chi connectivity index (χ2v) is 4.30. The molecule has 1 heterocycles. The molecule has 0 aliphatic rings. The monoisotopic (exact) mass is 242 g/mol. The molecule has 1 unspecified atom stereocenters. The van der Waals surface area contributed by atoms with Crippen molar-refractivity contribution < 1.29 is 5.11 Å². The number of aliphatic hydroxyl groups excluding tert-OH is 1. The molecule has 0 saturated carbocycles. The van der Waals surface area contributed by atoms with E-state index >= 15 is 0 Å². The number of nitrogens with zero attached hydrogens (tertiary/aromatic N) is 1. The largest absolute Gasteiger partial charge is 0.391 e. The van der Waals surface area contributed by atoms with Gasteiger partial charge in [0.25, 0.3) is 0 Å². The van der Waals surface area contributed by atoms with Crippen molar-refractivity contribution in [1.82, 2.24) is 10.3 Å². The second kappa shape index (κ2) is 6.89. The molecule has 2 N–H and O–H groups in total. The Bertz CT molecular complexity index is 445. The number of aromatic nitrogens is 1. The van der Waals surface area contributed by atoms with Crippen molar-refractivity contribution in [2.45, 2.75) is 19.1 Å². The van der Waals surface area contributed by atoms with Crippen LogP contribution < -0.4 is 5.32 Å². The highest BCUT2D eigenvalue weighted by Gasteiger charge is 2.04. The van der Waals surface area contributed by atoms with E-state index in [9.17, 15) is 5.11 Å². The van der Waals surface area contributed by atoms with Gasteiger partial charge >= 0.3 is 0 Å². The topological polar surface area (TPSA) is 45.1 Å². The number of hydrogen-bond acceptors (Lipinski definition) is 3. The summed E-state index contributed by atoms with van der Waals surface area (Å²) in [5, 5.41) is 13.1. The summed E-state index contributed by atoms with van der Waals surface area (Å²) < 4.78 is 0. The van der Waals surface area contributed by atoms with Crippen molar-refractivity contribution in [3.63, 3.8) is 0 Å². The maximum atomic E-state index is 9.90. The summed E-state index contributed by atoms with van der Waals surface area (Å²) in [4.78, 5) is 4.22. The first kappa shape index (κ1) is 12.7. The van der Waals surface area contributed by atoms with Gasteiger partial charge in [0.15, 0.2) is 0 Å². The maximum absolute atomic E-state index is 9.90. The van der Waals surface area contributed by atoms with Crippen LogP contribution in [0.4, 0.5) is 0 Å². The lowest BCUT2D eigenvalue weighted by Crippen LogP contribution is -2.28. The zero-order chi connectivity index (χ0) is 12.6. The Morgan fingerprint density at radius 1 is 1.06 bits per heavy atom. The van der Waals surface area contributed by atoms with Crippen LogP contribution in [0.25, 0.3) is 0 Å². The van der Waals surface area contributed by atoms with Crippen molar-refractivity contribution >= 4 is 0 Å². The predicted octanol–water partition coefficient (Wildman–Crippen LogP) is 1.77.